The Hall–Kier alpha value is -3.62. The van der Waals surface area contributed by atoms with Crippen LogP contribution in [-0.2, 0) is 4.74 Å². The van der Waals surface area contributed by atoms with E-state index >= 15 is 0 Å². The number of aromatic nitrogens is 1. The SMILES string of the molecule is COC(=O)c1ccc(C(=O)N2CCCN2C(=O)c2ccc3c(c2)OCO3)nc1. The first-order valence-corrected chi connectivity index (χ1v) is 8.66. The summed E-state index contributed by atoms with van der Waals surface area (Å²) in [5.41, 5.74) is 0.782. The Balaban J connectivity index is 1.53. The van der Waals surface area contributed by atoms with Gasteiger partial charge in [0.25, 0.3) is 11.8 Å². The normalized spacial score (nSPS) is 14.9. The zero-order chi connectivity index (χ0) is 19.7. The van der Waals surface area contributed by atoms with Crippen LogP contribution in [0.15, 0.2) is 36.5 Å². The van der Waals surface area contributed by atoms with Gasteiger partial charge in [-0.1, -0.05) is 0 Å². The Kier molecular flexibility index (Phi) is 4.56. The lowest BCUT2D eigenvalue weighted by molar-refractivity contribution is 0.0182. The van der Waals surface area contributed by atoms with Crippen molar-refractivity contribution in [2.24, 2.45) is 0 Å². The molecule has 0 atom stereocenters. The van der Waals surface area contributed by atoms with Crippen molar-refractivity contribution in [2.45, 2.75) is 6.42 Å². The van der Waals surface area contributed by atoms with Gasteiger partial charge in [-0.2, -0.15) is 0 Å². The number of methoxy groups -OCH3 is 1. The number of nitrogens with zero attached hydrogens (tertiary/aromatic N) is 3. The number of hydrogen-bond acceptors (Lipinski definition) is 7. The molecule has 144 valence electrons. The van der Waals surface area contributed by atoms with Crippen molar-refractivity contribution in [3.63, 3.8) is 0 Å². The summed E-state index contributed by atoms with van der Waals surface area (Å²) >= 11 is 0. The van der Waals surface area contributed by atoms with Crippen LogP contribution < -0.4 is 9.47 Å². The first-order valence-electron chi connectivity index (χ1n) is 8.66. The minimum atomic E-state index is -0.535. The summed E-state index contributed by atoms with van der Waals surface area (Å²) in [6.07, 6.45) is 1.93. The molecule has 0 saturated carbocycles. The van der Waals surface area contributed by atoms with E-state index in [0.29, 0.717) is 36.6 Å². The zero-order valence-electron chi connectivity index (χ0n) is 15.1. The van der Waals surface area contributed by atoms with E-state index in [-0.39, 0.29) is 24.0 Å². The fourth-order valence-corrected chi connectivity index (χ4v) is 3.10. The van der Waals surface area contributed by atoms with E-state index in [1.807, 2.05) is 0 Å². The summed E-state index contributed by atoms with van der Waals surface area (Å²) < 4.78 is 15.2. The molecule has 0 radical (unpaired) electrons. The van der Waals surface area contributed by atoms with Gasteiger partial charge in [-0.05, 0) is 36.8 Å². The van der Waals surface area contributed by atoms with Gasteiger partial charge in [0.05, 0.1) is 12.7 Å². The van der Waals surface area contributed by atoms with Crippen LogP contribution in [0.25, 0.3) is 0 Å². The molecule has 1 fully saturated rings. The molecule has 0 unspecified atom stereocenters. The third kappa shape index (κ3) is 3.11. The van der Waals surface area contributed by atoms with Gasteiger partial charge in [0, 0.05) is 24.8 Å². The second-order valence-electron chi connectivity index (χ2n) is 6.20. The van der Waals surface area contributed by atoms with Crippen molar-refractivity contribution in [3.8, 4) is 11.5 Å². The van der Waals surface area contributed by atoms with Crippen LogP contribution in [-0.4, -0.2) is 59.8 Å². The van der Waals surface area contributed by atoms with Crippen molar-refractivity contribution in [3.05, 3.63) is 53.3 Å². The van der Waals surface area contributed by atoms with Crippen LogP contribution in [0.4, 0.5) is 0 Å². The van der Waals surface area contributed by atoms with Gasteiger partial charge in [0.2, 0.25) is 6.79 Å². The molecule has 2 aliphatic rings. The molecular formula is C19H17N3O6. The average molecular weight is 383 g/mol. The number of carbonyl (C=O) groups excluding carboxylic acids is 3. The van der Waals surface area contributed by atoms with E-state index in [0.717, 1.165) is 0 Å². The number of amides is 2. The number of hydrazine groups is 1. The Morgan fingerprint density at radius 1 is 0.964 bits per heavy atom. The number of esters is 1. The molecule has 9 nitrogen and oxygen atoms in total. The van der Waals surface area contributed by atoms with E-state index < -0.39 is 11.9 Å². The maximum Gasteiger partial charge on any atom is 0.339 e. The molecular weight excluding hydrogens is 366 g/mol. The number of fused-ring (bicyclic) bond motifs is 1. The Morgan fingerprint density at radius 2 is 1.68 bits per heavy atom. The number of carbonyl (C=O) groups is 3. The second kappa shape index (κ2) is 7.18. The van der Waals surface area contributed by atoms with E-state index in [2.05, 4.69) is 9.72 Å². The lowest BCUT2D eigenvalue weighted by Gasteiger charge is -2.27. The Bertz CT molecular complexity index is 943. The molecule has 0 bridgehead atoms. The van der Waals surface area contributed by atoms with Crippen LogP contribution in [0, 0.1) is 0 Å². The fourth-order valence-electron chi connectivity index (χ4n) is 3.10. The molecule has 9 heteroatoms. The molecule has 1 aromatic carbocycles. The largest absolute Gasteiger partial charge is 0.465 e. The standard InChI is InChI=1S/C19H17N3O6/c1-26-19(25)13-3-5-14(20-10-13)18(24)22-8-2-7-21(22)17(23)12-4-6-15-16(9-12)28-11-27-15/h3-6,9-10H,2,7-8,11H2,1H3. The van der Waals surface area contributed by atoms with Gasteiger partial charge >= 0.3 is 5.97 Å². The molecule has 2 aliphatic heterocycles. The van der Waals surface area contributed by atoms with E-state index in [1.165, 1.54) is 35.5 Å². The highest BCUT2D eigenvalue weighted by molar-refractivity contribution is 5.99. The van der Waals surface area contributed by atoms with Gasteiger partial charge < -0.3 is 14.2 Å². The van der Waals surface area contributed by atoms with Gasteiger partial charge in [-0.25, -0.2) is 14.8 Å². The Labute approximate surface area is 160 Å². The average Bonchev–Trinajstić information content (AvgIpc) is 3.41. The summed E-state index contributed by atoms with van der Waals surface area (Å²) in [6.45, 7) is 0.934. The summed E-state index contributed by atoms with van der Waals surface area (Å²) in [4.78, 5) is 41.3. The predicted molar refractivity (Wildman–Crippen MR) is 94.8 cm³/mol. The highest BCUT2D eigenvalue weighted by Crippen LogP contribution is 2.33. The van der Waals surface area contributed by atoms with Crippen molar-refractivity contribution >= 4 is 17.8 Å². The first kappa shape index (κ1) is 17.8. The monoisotopic (exact) mass is 383 g/mol. The predicted octanol–water partition coefficient (Wildman–Crippen LogP) is 1.50. The highest BCUT2D eigenvalue weighted by Gasteiger charge is 2.33. The molecule has 0 spiro atoms. The maximum atomic E-state index is 12.9. The van der Waals surface area contributed by atoms with Crippen LogP contribution in [0.3, 0.4) is 0 Å². The third-order valence-electron chi connectivity index (χ3n) is 4.52. The first-order chi connectivity index (χ1) is 13.6. The molecule has 1 saturated heterocycles. The Morgan fingerprint density at radius 3 is 2.39 bits per heavy atom. The van der Waals surface area contributed by atoms with E-state index in [1.54, 1.807) is 18.2 Å². The van der Waals surface area contributed by atoms with Crippen LogP contribution in [0.1, 0.15) is 37.6 Å². The van der Waals surface area contributed by atoms with Crippen LogP contribution >= 0.6 is 0 Å². The van der Waals surface area contributed by atoms with Crippen molar-refractivity contribution < 1.29 is 28.6 Å². The van der Waals surface area contributed by atoms with Gasteiger partial charge in [0.15, 0.2) is 11.5 Å². The zero-order valence-corrected chi connectivity index (χ0v) is 15.1. The van der Waals surface area contributed by atoms with Crippen molar-refractivity contribution in [1.29, 1.82) is 0 Å². The molecule has 2 aromatic rings. The quantitative estimate of drug-likeness (QED) is 0.741. The van der Waals surface area contributed by atoms with Crippen LogP contribution in [0.2, 0.25) is 0 Å². The minimum absolute atomic E-state index is 0.120. The van der Waals surface area contributed by atoms with E-state index in [9.17, 15) is 14.4 Å². The van der Waals surface area contributed by atoms with Gasteiger partial charge in [0.1, 0.15) is 5.69 Å². The number of hydrogen-bond donors (Lipinski definition) is 0. The molecule has 0 N–H and O–H groups in total. The molecule has 0 aliphatic carbocycles. The third-order valence-corrected chi connectivity index (χ3v) is 4.52. The van der Waals surface area contributed by atoms with E-state index in [4.69, 9.17) is 9.47 Å². The molecule has 4 rings (SSSR count). The summed E-state index contributed by atoms with van der Waals surface area (Å²) in [5, 5.41) is 2.77. The molecule has 3 heterocycles. The molecule has 28 heavy (non-hydrogen) atoms. The highest BCUT2D eigenvalue weighted by atomic mass is 16.7. The summed E-state index contributed by atoms with van der Waals surface area (Å²) in [6, 6.07) is 7.82. The van der Waals surface area contributed by atoms with Crippen molar-refractivity contribution in [1.82, 2.24) is 15.0 Å². The molecule has 1 aromatic heterocycles. The molecule has 2 amide bonds. The summed E-state index contributed by atoms with van der Waals surface area (Å²) in [7, 11) is 1.27. The van der Waals surface area contributed by atoms with Gasteiger partial charge in [-0.3, -0.25) is 14.6 Å². The number of ether oxygens (including phenoxy) is 3. The van der Waals surface area contributed by atoms with Crippen molar-refractivity contribution in [2.75, 3.05) is 27.0 Å². The smallest absolute Gasteiger partial charge is 0.339 e. The minimum Gasteiger partial charge on any atom is -0.465 e. The fraction of sp³-hybridized carbons (Fsp3) is 0.263. The summed E-state index contributed by atoms with van der Waals surface area (Å²) in [5.74, 6) is -0.172. The lowest BCUT2D eigenvalue weighted by atomic mass is 10.2. The van der Waals surface area contributed by atoms with Gasteiger partial charge in [-0.15, -0.1) is 0 Å². The lowest BCUT2D eigenvalue weighted by Crippen LogP contribution is -2.45. The maximum absolute atomic E-state index is 12.9. The van der Waals surface area contributed by atoms with Crippen LogP contribution in [0.5, 0.6) is 11.5 Å². The number of benzene rings is 1. The number of pyridine rings is 1. The second-order valence-corrected chi connectivity index (χ2v) is 6.20. The topological polar surface area (TPSA) is 98.3 Å². The number of rotatable bonds is 3.